The van der Waals surface area contributed by atoms with Crippen LogP contribution in [0.1, 0.15) is 42.9 Å². The summed E-state index contributed by atoms with van der Waals surface area (Å²) in [6.07, 6.45) is 3.26. The van der Waals surface area contributed by atoms with Crippen LogP contribution in [0.15, 0.2) is 47.4 Å². The number of nitrogens with two attached hydrogens (primary N) is 1. The minimum atomic E-state index is -2.71. The summed E-state index contributed by atoms with van der Waals surface area (Å²) in [7, 11) is 0. The Morgan fingerprint density at radius 2 is 1.94 bits per heavy atom. The molecule has 0 aromatic heterocycles. The Morgan fingerprint density at radius 1 is 1.25 bits per heavy atom. The van der Waals surface area contributed by atoms with E-state index >= 15 is 0 Å². The molecule has 1 aliphatic rings. The lowest BCUT2D eigenvalue weighted by atomic mass is 9.91. The molecule has 0 bridgehead atoms. The van der Waals surface area contributed by atoms with Crippen molar-refractivity contribution in [1.29, 1.82) is 5.41 Å². The van der Waals surface area contributed by atoms with Gasteiger partial charge < -0.3 is 16.5 Å². The van der Waals surface area contributed by atoms with Crippen LogP contribution < -0.4 is 16.0 Å². The third-order valence-corrected chi connectivity index (χ3v) is 6.50. The number of halogens is 2. The third kappa shape index (κ3) is 5.09. The van der Waals surface area contributed by atoms with Gasteiger partial charge in [0.25, 0.3) is 0 Å². The highest BCUT2D eigenvalue weighted by Crippen LogP contribution is 2.37. The number of hydrogen-bond donors (Lipinski definition) is 3. The van der Waals surface area contributed by atoms with E-state index in [-0.39, 0.29) is 31.4 Å². The van der Waals surface area contributed by atoms with Gasteiger partial charge in [0.1, 0.15) is 6.04 Å². The van der Waals surface area contributed by atoms with Gasteiger partial charge in [-0.25, -0.2) is 8.78 Å². The first kappa shape index (κ1) is 23.7. The number of rotatable bonds is 8. The Kier molecular flexibility index (Phi) is 7.50. The number of benzene rings is 2. The Hall–Kier alpha value is -2.94. The molecule has 170 valence electrons. The molecule has 0 heterocycles. The Balaban J connectivity index is 2.01. The van der Waals surface area contributed by atoms with Gasteiger partial charge in [-0.15, -0.1) is 11.8 Å². The van der Waals surface area contributed by atoms with E-state index in [2.05, 4.69) is 5.32 Å². The second-order valence-electron chi connectivity index (χ2n) is 7.72. The fourth-order valence-electron chi connectivity index (χ4n) is 3.95. The van der Waals surface area contributed by atoms with Crippen LogP contribution in [-0.2, 0) is 9.59 Å². The lowest BCUT2D eigenvalue weighted by Gasteiger charge is -2.33. The molecule has 4 N–H and O–H groups in total. The fraction of sp³-hybridized carbons (Fsp3) is 0.348. The van der Waals surface area contributed by atoms with Crippen molar-refractivity contribution in [3.8, 4) is 0 Å². The van der Waals surface area contributed by atoms with Crippen molar-refractivity contribution in [3.63, 3.8) is 0 Å². The van der Waals surface area contributed by atoms with Crippen LogP contribution in [0.25, 0.3) is 0 Å². The molecule has 1 saturated carbocycles. The summed E-state index contributed by atoms with van der Waals surface area (Å²) in [6, 6.07) is 10.7. The SMILES string of the molecule is CSc1ccccc1C(C(=O)NC1CCC(F)(F)CC1)N(C=O)c1cccc(C=N)c1N. The molecule has 0 aliphatic heterocycles. The molecule has 0 spiro atoms. The monoisotopic (exact) mass is 460 g/mol. The highest BCUT2D eigenvalue weighted by atomic mass is 32.2. The number of nitrogen functional groups attached to an aromatic ring is 1. The van der Waals surface area contributed by atoms with Crippen molar-refractivity contribution in [1.82, 2.24) is 5.32 Å². The van der Waals surface area contributed by atoms with E-state index in [0.29, 0.717) is 23.2 Å². The van der Waals surface area contributed by atoms with E-state index in [1.54, 1.807) is 30.3 Å². The second-order valence-corrected chi connectivity index (χ2v) is 8.57. The summed E-state index contributed by atoms with van der Waals surface area (Å²) in [5.74, 6) is -3.17. The number of carbonyl (C=O) groups excluding carboxylic acids is 2. The topological polar surface area (TPSA) is 99.3 Å². The van der Waals surface area contributed by atoms with Crippen LogP contribution in [0, 0.1) is 5.41 Å². The molecule has 1 unspecified atom stereocenters. The Morgan fingerprint density at radius 3 is 2.56 bits per heavy atom. The first-order chi connectivity index (χ1) is 15.3. The summed E-state index contributed by atoms with van der Waals surface area (Å²) < 4.78 is 27.1. The molecule has 0 saturated heterocycles. The van der Waals surface area contributed by atoms with Crippen molar-refractivity contribution in [2.24, 2.45) is 0 Å². The number of nitrogens with one attached hydrogen (secondary N) is 2. The van der Waals surface area contributed by atoms with Gasteiger partial charge in [-0.2, -0.15) is 0 Å². The van der Waals surface area contributed by atoms with Crippen molar-refractivity contribution in [2.75, 3.05) is 16.9 Å². The Labute approximate surface area is 190 Å². The van der Waals surface area contributed by atoms with E-state index in [9.17, 15) is 18.4 Å². The van der Waals surface area contributed by atoms with Gasteiger partial charge in [0.2, 0.25) is 18.2 Å². The van der Waals surface area contributed by atoms with Gasteiger partial charge in [-0.1, -0.05) is 30.3 Å². The summed E-state index contributed by atoms with van der Waals surface area (Å²) in [5, 5.41) is 10.4. The second kappa shape index (κ2) is 10.1. The zero-order valence-corrected chi connectivity index (χ0v) is 18.5. The molecule has 1 atom stereocenters. The zero-order chi connectivity index (χ0) is 23.3. The minimum Gasteiger partial charge on any atom is -0.397 e. The van der Waals surface area contributed by atoms with Crippen molar-refractivity contribution >= 4 is 41.7 Å². The minimum absolute atomic E-state index is 0.169. The summed E-state index contributed by atoms with van der Waals surface area (Å²) >= 11 is 1.43. The van der Waals surface area contributed by atoms with Gasteiger partial charge in [-0.3, -0.25) is 14.5 Å². The summed E-state index contributed by atoms with van der Waals surface area (Å²) in [4.78, 5) is 27.8. The Bertz CT molecular complexity index is 992. The van der Waals surface area contributed by atoms with Gasteiger partial charge in [0, 0.05) is 35.6 Å². The normalized spacial score (nSPS) is 16.7. The molecule has 3 rings (SSSR count). The number of nitrogens with zero attached hydrogens (tertiary/aromatic N) is 1. The molecular weight excluding hydrogens is 434 g/mol. The molecule has 32 heavy (non-hydrogen) atoms. The van der Waals surface area contributed by atoms with Gasteiger partial charge in [0.05, 0.1) is 11.4 Å². The number of alkyl halides is 2. The maximum absolute atomic E-state index is 13.6. The van der Waals surface area contributed by atoms with Crippen LogP contribution in [-0.4, -0.2) is 36.8 Å². The first-order valence-electron chi connectivity index (χ1n) is 10.2. The van der Waals surface area contributed by atoms with E-state index in [1.807, 2.05) is 18.4 Å². The lowest BCUT2D eigenvalue weighted by Crippen LogP contribution is -2.46. The standard InChI is InChI=1S/C23H26F2N4O2S/c1-32-19-8-3-2-6-17(19)21(22(31)28-16-9-11-23(24,25)12-10-16)29(14-30)18-7-4-5-15(13-26)20(18)27/h2-8,13-14,16,21,26H,9-12,27H2,1H3,(H,28,31). The molecule has 2 aromatic rings. The average molecular weight is 461 g/mol. The predicted molar refractivity (Wildman–Crippen MR) is 124 cm³/mol. The van der Waals surface area contributed by atoms with Crippen LogP contribution in [0.5, 0.6) is 0 Å². The highest BCUT2D eigenvalue weighted by molar-refractivity contribution is 7.98. The summed E-state index contributed by atoms with van der Waals surface area (Å²) in [6.45, 7) is 0. The van der Waals surface area contributed by atoms with Crippen LogP contribution in [0.2, 0.25) is 0 Å². The third-order valence-electron chi connectivity index (χ3n) is 5.69. The maximum atomic E-state index is 13.6. The number of anilines is 2. The molecule has 1 fully saturated rings. The fourth-order valence-corrected chi connectivity index (χ4v) is 4.58. The van der Waals surface area contributed by atoms with Gasteiger partial charge in [-0.05, 0) is 36.8 Å². The van der Waals surface area contributed by atoms with Crippen molar-refractivity contribution < 1.29 is 18.4 Å². The van der Waals surface area contributed by atoms with Crippen LogP contribution in [0.4, 0.5) is 20.2 Å². The number of thioether (sulfide) groups is 1. The molecule has 6 nitrogen and oxygen atoms in total. The van der Waals surface area contributed by atoms with E-state index in [4.69, 9.17) is 11.1 Å². The zero-order valence-electron chi connectivity index (χ0n) is 17.7. The molecule has 1 aliphatic carbocycles. The number of hydrogen-bond acceptors (Lipinski definition) is 5. The van der Waals surface area contributed by atoms with Gasteiger partial charge in [0.15, 0.2) is 0 Å². The lowest BCUT2D eigenvalue weighted by molar-refractivity contribution is -0.125. The predicted octanol–water partition coefficient (Wildman–Crippen LogP) is 4.39. The van der Waals surface area contributed by atoms with Crippen molar-refractivity contribution in [2.45, 2.75) is 48.6 Å². The number of carbonyl (C=O) groups is 2. The van der Waals surface area contributed by atoms with Crippen LogP contribution >= 0.6 is 11.8 Å². The molecule has 9 heteroatoms. The highest BCUT2D eigenvalue weighted by Gasteiger charge is 2.37. The number of amides is 2. The molecule has 2 aromatic carbocycles. The van der Waals surface area contributed by atoms with E-state index < -0.39 is 23.9 Å². The molecular formula is C23H26F2N4O2S. The first-order valence-corrected chi connectivity index (χ1v) is 11.5. The maximum Gasteiger partial charge on any atom is 0.248 e. The van der Waals surface area contributed by atoms with Crippen molar-refractivity contribution in [3.05, 3.63) is 53.6 Å². The largest absolute Gasteiger partial charge is 0.397 e. The van der Waals surface area contributed by atoms with E-state index in [0.717, 1.165) is 11.1 Å². The average Bonchev–Trinajstić information content (AvgIpc) is 2.79. The van der Waals surface area contributed by atoms with Crippen LogP contribution in [0.3, 0.4) is 0 Å². The van der Waals surface area contributed by atoms with E-state index in [1.165, 1.54) is 16.7 Å². The molecule has 2 amide bonds. The molecule has 0 radical (unpaired) electrons. The quantitative estimate of drug-likeness (QED) is 0.236. The van der Waals surface area contributed by atoms with Gasteiger partial charge >= 0.3 is 0 Å². The number of para-hydroxylation sites is 1. The smallest absolute Gasteiger partial charge is 0.248 e. The summed E-state index contributed by atoms with van der Waals surface area (Å²) in [5.41, 5.74) is 7.72.